The molecule has 0 bridgehead atoms. The van der Waals surface area contributed by atoms with Crippen molar-refractivity contribution in [3.63, 3.8) is 0 Å². The number of piperazine rings is 1. The van der Waals surface area contributed by atoms with E-state index in [9.17, 15) is 4.79 Å². The lowest BCUT2D eigenvalue weighted by Crippen LogP contribution is -2.49. The van der Waals surface area contributed by atoms with Crippen molar-refractivity contribution < 1.29 is 4.79 Å². The smallest absolute Gasteiger partial charge is 0.244 e. The molecule has 0 N–H and O–H groups in total. The molecule has 0 atom stereocenters. The van der Waals surface area contributed by atoms with Crippen molar-refractivity contribution in [2.45, 2.75) is 13.5 Å². The number of pyridine rings is 2. The Morgan fingerprint density at radius 2 is 1.67 bits per heavy atom. The van der Waals surface area contributed by atoms with Crippen LogP contribution in [0.25, 0.3) is 22.6 Å². The van der Waals surface area contributed by atoms with Crippen molar-refractivity contribution in [2.24, 2.45) is 0 Å². The molecule has 3 aromatic heterocycles. The zero-order valence-electron chi connectivity index (χ0n) is 18.6. The van der Waals surface area contributed by atoms with Gasteiger partial charge in [0.2, 0.25) is 5.91 Å². The summed E-state index contributed by atoms with van der Waals surface area (Å²) in [7, 11) is 0. The predicted molar refractivity (Wildman–Crippen MR) is 129 cm³/mol. The maximum atomic E-state index is 13.2. The van der Waals surface area contributed by atoms with Gasteiger partial charge in [0, 0.05) is 38.6 Å². The zero-order chi connectivity index (χ0) is 22.6. The van der Waals surface area contributed by atoms with E-state index in [1.54, 1.807) is 10.9 Å². The average Bonchev–Trinajstić information content (AvgIpc) is 3.29. The van der Waals surface area contributed by atoms with E-state index in [1.165, 1.54) is 0 Å². The molecule has 0 unspecified atom stereocenters. The van der Waals surface area contributed by atoms with Gasteiger partial charge in [0.15, 0.2) is 0 Å². The monoisotopic (exact) mass is 438 g/mol. The largest absolute Gasteiger partial charge is 0.353 e. The molecule has 0 saturated carbocycles. The van der Waals surface area contributed by atoms with E-state index < -0.39 is 0 Å². The fourth-order valence-corrected chi connectivity index (χ4v) is 4.08. The first-order valence-electron chi connectivity index (χ1n) is 11.2. The number of amides is 1. The van der Waals surface area contributed by atoms with Crippen LogP contribution in [0, 0.1) is 6.92 Å². The number of anilines is 1. The first-order chi connectivity index (χ1) is 16.2. The summed E-state index contributed by atoms with van der Waals surface area (Å²) in [6.07, 6.45) is 3.64. The number of hydrogen-bond acceptors (Lipinski definition) is 5. The van der Waals surface area contributed by atoms with Crippen LogP contribution in [0.1, 0.15) is 5.56 Å². The van der Waals surface area contributed by atoms with Crippen LogP contribution in [0.5, 0.6) is 0 Å². The normalized spacial score (nSPS) is 13.8. The first-order valence-corrected chi connectivity index (χ1v) is 11.2. The van der Waals surface area contributed by atoms with Gasteiger partial charge in [-0.25, -0.2) is 4.98 Å². The molecule has 0 spiro atoms. The minimum Gasteiger partial charge on any atom is -0.353 e. The Bertz CT molecular complexity index is 1210. The lowest BCUT2D eigenvalue weighted by Gasteiger charge is -2.35. The van der Waals surface area contributed by atoms with Gasteiger partial charge < -0.3 is 9.80 Å². The molecule has 1 fully saturated rings. The maximum absolute atomic E-state index is 13.2. The van der Waals surface area contributed by atoms with Crippen LogP contribution in [0.3, 0.4) is 0 Å². The SMILES string of the molecule is Cc1ccc(-c2cc(-c3ccccc3)n(CC(=O)N3CCN(c4ccccn4)CC3)n2)nc1. The molecule has 4 aromatic rings. The summed E-state index contributed by atoms with van der Waals surface area (Å²) in [5.41, 5.74) is 4.60. The second-order valence-electron chi connectivity index (χ2n) is 8.22. The van der Waals surface area contributed by atoms with Gasteiger partial charge in [-0.1, -0.05) is 42.5 Å². The van der Waals surface area contributed by atoms with E-state index in [4.69, 9.17) is 5.10 Å². The van der Waals surface area contributed by atoms with E-state index in [0.29, 0.717) is 13.1 Å². The van der Waals surface area contributed by atoms with E-state index in [0.717, 1.165) is 47.1 Å². The fourth-order valence-electron chi connectivity index (χ4n) is 4.08. The van der Waals surface area contributed by atoms with Gasteiger partial charge in [-0.3, -0.25) is 14.5 Å². The Labute approximate surface area is 193 Å². The molecule has 5 rings (SSSR count). The Morgan fingerprint density at radius 3 is 2.36 bits per heavy atom. The molecule has 1 aromatic carbocycles. The molecule has 7 heteroatoms. The highest BCUT2D eigenvalue weighted by Gasteiger charge is 2.23. The third kappa shape index (κ3) is 4.62. The van der Waals surface area contributed by atoms with Crippen molar-refractivity contribution in [1.29, 1.82) is 0 Å². The molecule has 4 heterocycles. The summed E-state index contributed by atoms with van der Waals surface area (Å²) in [5.74, 6) is 1.03. The maximum Gasteiger partial charge on any atom is 0.244 e. The third-order valence-electron chi connectivity index (χ3n) is 5.91. The average molecular weight is 439 g/mol. The molecule has 1 amide bonds. The number of carbonyl (C=O) groups is 1. The first kappa shape index (κ1) is 20.9. The lowest BCUT2D eigenvalue weighted by atomic mass is 10.1. The Balaban J connectivity index is 1.35. The lowest BCUT2D eigenvalue weighted by molar-refractivity contribution is -0.132. The number of aryl methyl sites for hydroxylation is 1. The Kier molecular flexibility index (Phi) is 5.85. The molecule has 1 saturated heterocycles. The van der Waals surface area contributed by atoms with Gasteiger partial charge in [0.05, 0.1) is 11.4 Å². The summed E-state index contributed by atoms with van der Waals surface area (Å²) in [6.45, 7) is 5.09. The molecule has 0 aliphatic carbocycles. The van der Waals surface area contributed by atoms with E-state index in [1.807, 2.05) is 84.8 Å². The third-order valence-corrected chi connectivity index (χ3v) is 5.91. The molecule has 1 aliphatic heterocycles. The molecule has 166 valence electrons. The molecular weight excluding hydrogens is 412 g/mol. The van der Waals surface area contributed by atoms with Gasteiger partial charge in [-0.05, 0) is 42.3 Å². The predicted octanol–water partition coefficient (Wildman–Crippen LogP) is 3.66. The fraction of sp³-hybridized carbons (Fsp3) is 0.231. The van der Waals surface area contributed by atoms with Gasteiger partial charge in [-0.2, -0.15) is 5.10 Å². The van der Waals surface area contributed by atoms with Crippen molar-refractivity contribution >= 4 is 11.7 Å². The van der Waals surface area contributed by atoms with Crippen molar-refractivity contribution in [3.8, 4) is 22.6 Å². The minimum absolute atomic E-state index is 0.0689. The van der Waals surface area contributed by atoms with Crippen LogP contribution < -0.4 is 4.90 Å². The highest BCUT2D eigenvalue weighted by atomic mass is 16.2. The van der Waals surface area contributed by atoms with Crippen LogP contribution in [0.2, 0.25) is 0 Å². The molecular formula is C26H26N6O. The standard InChI is InChI=1S/C26H26N6O/c1-20-10-11-22(28-18-20)23-17-24(21-7-3-2-4-8-21)32(29-23)19-26(33)31-15-13-30(14-16-31)25-9-5-6-12-27-25/h2-12,17-18H,13-16,19H2,1H3. The van der Waals surface area contributed by atoms with E-state index >= 15 is 0 Å². The number of rotatable bonds is 5. The van der Waals surface area contributed by atoms with Crippen LogP contribution in [-0.2, 0) is 11.3 Å². The van der Waals surface area contributed by atoms with Gasteiger partial charge in [0.25, 0.3) is 0 Å². The second kappa shape index (κ2) is 9.24. The highest BCUT2D eigenvalue weighted by Crippen LogP contribution is 2.25. The topological polar surface area (TPSA) is 67.2 Å². The summed E-state index contributed by atoms with van der Waals surface area (Å²) in [5, 5.41) is 4.77. The number of nitrogens with zero attached hydrogens (tertiary/aromatic N) is 6. The summed E-state index contributed by atoms with van der Waals surface area (Å²) in [6, 6.07) is 22.0. The summed E-state index contributed by atoms with van der Waals surface area (Å²) < 4.78 is 1.81. The van der Waals surface area contributed by atoms with Gasteiger partial charge in [0.1, 0.15) is 18.1 Å². The van der Waals surface area contributed by atoms with E-state index in [-0.39, 0.29) is 12.5 Å². The molecule has 33 heavy (non-hydrogen) atoms. The zero-order valence-corrected chi connectivity index (χ0v) is 18.6. The second-order valence-corrected chi connectivity index (χ2v) is 8.22. The van der Waals surface area contributed by atoms with Gasteiger partial charge in [-0.15, -0.1) is 0 Å². The van der Waals surface area contributed by atoms with Gasteiger partial charge >= 0.3 is 0 Å². The van der Waals surface area contributed by atoms with Crippen molar-refractivity contribution in [2.75, 3.05) is 31.1 Å². The summed E-state index contributed by atoms with van der Waals surface area (Å²) >= 11 is 0. The van der Waals surface area contributed by atoms with Crippen molar-refractivity contribution in [3.05, 3.63) is 84.7 Å². The van der Waals surface area contributed by atoms with Crippen molar-refractivity contribution in [1.82, 2.24) is 24.6 Å². The number of carbonyl (C=O) groups excluding carboxylic acids is 1. The number of hydrogen-bond donors (Lipinski definition) is 0. The molecule has 1 aliphatic rings. The highest BCUT2D eigenvalue weighted by molar-refractivity contribution is 5.78. The summed E-state index contributed by atoms with van der Waals surface area (Å²) in [4.78, 5) is 26.3. The van der Waals surface area contributed by atoms with E-state index in [2.05, 4.69) is 14.9 Å². The van der Waals surface area contributed by atoms with Crippen LogP contribution in [-0.4, -0.2) is 56.7 Å². The quantitative estimate of drug-likeness (QED) is 0.476. The number of aromatic nitrogens is 4. The molecule has 0 radical (unpaired) electrons. The Morgan fingerprint density at radius 1 is 0.879 bits per heavy atom. The Hall–Kier alpha value is -4.00. The minimum atomic E-state index is 0.0689. The van der Waals surface area contributed by atoms with Crippen LogP contribution in [0.15, 0.2) is 79.1 Å². The van der Waals surface area contributed by atoms with Crippen LogP contribution >= 0.6 is 0 Å². The number of benzene rings is 1. The molecule has 7 nitrogen and oxygen atoms in total. The van der Waals surface area contributed by atoms with Crippen LogP contribution in [0.4, 0.5) is 5.82 Å².